The van der Waals surface area contributed by atoms with E-state index in [0.717, 1.165) is 29.6 Å². The van der Waals surface area contributed by atoms with Gasteiger partial charge >= 0.3 is 0 Å². The van der Waals surface area contributed by atoms with Gasteiger partial charge in [-0.15, -0.1) is 0 Å². The normalized spacial score (nSPS) is 41.0. The minimum Gasteiger partial charge on any atom is -0.0625 e. The molecular formula is C21H40. The summed E-state index contributed by atoms with van der Waals surface area (Å²) >= 11 is 0. The van der Waals surface area contributed by atoms with E-state index in [1.54, 1.807) is 19.3 Å². The standard InChI is InChI=1S/C21H40/c1-17-8-4-6-10-20(21-15-14-19(3)16-21)11-7-5-9-18(2)13-12-17/h17-21H,4-16H2,1-3H3. The lowest BCUT2D eigenvalue weighted by Crippen LogP contribution is -2.12. The monoisotopic (exact) mass is 292 g/mol. The van der Waals surface area contributed by atoms with Crippen LogP contribution in [-0.4, -0.2) is 0 Å². The Morgan fingerprint density at radius 2 is 0.905 bits per heavy atom. The van der Waals surface area contributed by atoms with Crippen molar-refractivity contribution in [2.75, 3.05) is 0 Å². The van der Waals surface area contributed by atoms with Crippen LogP contribution in [0.2, 0.25) is 0 Å². The summed E-state index contributed by atoms with van der Waals surface area (Å²) in [7, 11) is 0. The highest BCUT2D eigenvalue weighted by molar-refractivity contribution is 4.79. The van der Waals surface area contributed by atoms with Gasteiger partial charge in [0.05, 0.1) is 0 Å². The van der Waals surface area contributed by atoms with E-state index >= 15 is 0 Å². The third kappa shape index (κ3) is 6.33. The SMILES string of the molecule is CC1CCCCC(C2CCC(C)C2)CCCCC(C)CC1. The molecule has 0 bridgehead atoms. The van der Waals surface area contributed by atoms with Gasteiger partial charge < -0.3 is 0 Å². The van der Waals surface area contributed by atoms with Gasteiger partial charge in [0.25, 0.3) is 0 Å². The molecule has 0 radical (unpaired) electrons. The summed E-state index contributed by atoms with van der Waals surface area (Å²) in [4.78, 5) is 0. The highest BCUT2D eigenvalue weighted by atomic mass is 14.3. The maximum absolute atomic E-state index is 2.49. The van der Waals surface area contributed by atoms with Crippen LogP contribution in [0.1, 0.15) is 104 Å². The van der Waals surface area contributed by atoms with Gasteiger partial charge in [0.1, 0.15) is 0 Å². The molecule has 4 atom stereocenters. The largest absolute Gasteiger partial charge is 0.0625 e. The fraction of sp³-hybridized carbons (Fsp3) is 1.00. The Bertz CT molecular complexity index is 251. The lowest BCUT2D eigenvalue weighted by molar-refractivity contribution is 0.274. The van der Waals surface area contributed by atoms with E-state index < -0.39 is 0 Å². The molecule has 0 nitrogen and oxygen atoms in total. The van der Waals surface area contributed by atoms with E-state index in [1.807, 2.05) is 0 Å². The third-order valence-electron chi connectivity index (χ3n) is 6.60. The molecule has 0 aromatic rings. The quantitative estimate of drug-likeness (QED) is 0.478. The Balaban J connectivity index is 1.83. The predicted octanol–water partition coefficient (Wildman–Crippen LogP) is 7.23. The zero-order valence-electron chi connectivity index (χ0n) is 15.1. The summed E-state index contributed by atoms with van der Waals surface area (Å²) in [6.45, 7) is 7.45. The summed E-state index contributed by atoms with van der Waals surface area (Å²) < 4.78 is 0. The van der Waals surface area contributed by atoms with E-state index in [0.29, 0.717) is 0 Å². The van der Waals surface area contributed by atoms with Crippen molar-refractivity contribution in [1.82, 2.24) is 0 Å². The maximum atomic E-state index is 2.49. The molecule has 124 valence electrons. The molecule has 0 N–H and O–H groups in total. The lowest BCUT2D eigenvalue weighted by atomic mass is 9.82. The second-order valence-corrected chi connectivity index (χ2v) is 8.79. The summed E-state index contributed by atoms with van der Waals surface area (Å²) in [6, 6.07) is 0. The number of hydrogen-bond acceptors (Lipinski definition) is 0. The van der Waals surface area contributed by atoms with Gasteiger partial charge in [-0.1, -0.05) is 91.4 Å². The molecule has 0 heterocycles. The molecule has 21 heavy (non-hydrogen) atoms. The van der Waals surface area contributed by atoms with Gasteiger partial charge in [-0.3, -0.25) is 0 Å². The van der Waals surface area contributed by atoms with Crippen molar-refractivity contribution in [2.24, 2.45) is 29.6 Å². The first-order chi connectivity index (χ1) is 10.1. The van der Waals surface area contributed by atoms with Gasteiger partial charge in [0, 0.05) is 0 Å². The molecule has 4 unspecified atom stereocenters. The Morgan fingerprint density at radius 3 is 1.38 bits per heavy atom. The molecular weight excluding hydrogens is 252 g/mol. The smallest absolute Gasteiger partial charge is 0.0383 e. The van der Waals surface area contributed by atoms with Gasteiger partial charge in [-0.2, -0.15) is 0 Å². The zero-order chi connectivity index (χ0) is 15.1. The minimum absolute atomic E-state index is 0.971. The summed E-state index contributed by atoms with van der Waals surface area (Å²) in [5.41, 5.74) is 0. The lowest BCUT2D eigenvalue weighted by Gasteiger charge is -2.24. The van der Waals surface area contributed by atoms with Crippen molar-refractivity contribution in [2.45, 2.75) is 104 Å². The maximum Gasteiger partial charge on any atom is -0.0383 e. The van der Waals surface area contributed by atoms with E-state index in [2.05, 4.69) is 20.8 Å². The second kappa shape index (κ2) is 9.21. The zero-order valence-corrected chi connectivity index (χ0v) is 15.1. The molecule has 0 spiro atoms. The topological polar surface area (TPSA) is 0 Å². The molecule has 2 rings (SSSR count). The molecule has 2 saturated carbocycles. The van der Waals surface area contributed by atoms with E-state index in [-0.39, 0.29) is 0 Å². The first kappa shape index (κ1) is 17.4. The van der Waals surface area contributed by atoms with Crippen molar-refractivity contribution >= 4 is 0 Å². The molecule has 0 aromatic heterocycles. The Hall–Kier alpha value is 0. The average molecular weight is 293 g/mol. The number of hydrogen-bond donors (Lipinski definition) is 0. The van der Waals surface area contributed by atoms with Gasteiger partial charge in [0.15, 0.2) is 0 Å². The van der Waals surface area contributed by atoms with E-state index in [4.69, 9.17) is 0 Å². The van der Waals surface area contributed by atoms with Gasteiger partial charge in [0.2, 0.25) is 0 Å². The summed E-state index contributed by atoms with van der Waals surface area (Å²) in [5.74, 6) is 5.11. The predicted molar refractivity (Wildman–Crippen MR) is 94.5 cm³/mol. The van der Waals surface area contributed by atoms with E-state index in [9.17, 15) is 0 Å². The van der Waals surface area contributed by atoms with Crippen LogP contribution in [-0.2, 0) is 0 Å². The Kier molecular flexibility index (Phi) is 7.61. The van der Waals surface area contributed by atoms with Crippen LogP contribution >= 0.6 is 0 Å². The van der Waals surface area contributed by atoms with Crippen molar-refractivity contribution in [3.05, 3.63) is 0 Å². The molecule has 0 amide bonds. The van der Waals surface area contributed by atoms with Crippen molar-refractivity contribution < 1.29 is 0 Å². The number of rotatable bonds is 1. The van der Waals surface area contributed by atoms with Crippen LogP contribution in [0.5, 0.6) is 0 Å². The highest BCUT2D eigenvalue weighted by Gasteiger charge is 2.28. The van der Waals surface area contributed by atoms with Crippen molar-refractivity contribution in [3.63, 3.8) is 0 Å². The average Bonchev–Trinajstić information content (AvgIpc) is 2.89. The van der Waals surface area contributed by atoms with Crippen molar-refractivity contribution in [1.29, 1.82) is 0 Å². The molecule has 0 heteroatoms. The first-order valence-corrected chi connectivity index (χ1v) is 10.1. The Morgan fingerprint density at radius 1 is 0.429 bits per heavy atom. The molecule has 2 aliphatic carbocycles. The Labute approximate surface area is 134 Å². The van der Waals surface area contributed by atoms with Crippen molar-refractivity contribution in [3.8, 4) is 0 Å². The summed E-state index contributed by atoms with van der Waals surface area (Å²) in [5, 5.41) is 0. The molecule has 2 fully saturated rings. The molecule has 0 aliphatic heterocycles. The van der Waals surface area contributed by atoms with Gasteiger partial charge in [-0.25, -0.2) is 0 Å². The first-order valence-electron chi connectivity index (χ1n) is 10.1. The highest BCUT2D eigenvalue weighted by Crippen LogP contribution is 2.40. The van der Waals surface area contributed by atoms with Crippen LogP contribution in [0.3, 0.4) is 0 Å². The van der Waals surface area contributed by atoms with Crippen LogP contribution < -0.4 is 0 Å². The van der Waals surface area contributed by atoms with Crippen LogP contribution in [0.4, 0.5) is 0 Å². The van der Waals surface area contributed by atoms with Crippen LogP contribution in [0, 0.1) is 29.6 Å². The van der Waals surface area contributed by atoms with Crippen LogP contribution in [0.15, 0.2) is 0 Å². The molecule has 0 saturated heterocycles. The fourth-order valence-corrected chi connectivity index (χ4v) is 4.95. The van der Waals surface area contributed by atoms with E-state index in [1.165, 1.54) is 64.2 Å². The minimum atomic E-state index is 0.971. The van der Waals surface area contributed by atoms with Gasteiger partial charge in [-0.05, 0) is 42.4 Å². The van der Waals surface area contributed by atoms with Crippen LogP contribution in [0.25, 0.3) is 0 Å². The molecule has 2 aliphatic rings. The third-order valence-corrected chi connectivity index (χ3v) is 6.60. The second-order valence-electron chi connectivity index (χ2n) is 8.79. The molecule has 0 aromatic carbocycles. The summed E-state index contributed by atoms with van der Waals surface area (Å²) in [6.07, 6.45) is 19.6. The fourth-order valence-electron chi connectivity index (χ4n) is 4.95.